The predicted octanol–water partition coefficient (Wildman–Crippen LogP) is 6.30. The first kappa shape index (κ1) is 21.4. The Hall–Kier alpha value is -4.17. The molecule has 3 heterocycles. The van der Waals surface area contributed by atoms with Crippen LogP contribution in [-0.2, 0) is 0 Å². The van der Waals surface area contributed by atoms with Crippen molar-refractivity contribution < 1.29 is 4.39 Å². The molecule has 0 aliphatic heterocycles. The number of hydrogen-bond acceptors (Lipinski definition) is 5. The van der Waals surface area contributed by atoms with Crippen molar-refractivity contribution in [1.82, 2.24) is 29.6 Å². The maximum absolute atomic E-state index is 15.0. The summed E-state index contributed by atoms with van der Waals surface area (Å²) in [4.78, 5) is 0.690. The fourth-order valence-corrected chi connectivity index (χ4v) is 5.15. The van der Waals surface area contributed by atoms with Crippen molar-refractivity contribution >= 4 is 16.3 Å². The minimum absolute atomic E-state index is 0.0954. The van der Waals surface area contributed by atoms with Gasteiger partial charge in [-0.1, -0.05) is 78.9 Å². The van der Waals surface area contributed by atoms with Gasteiger partial charge in [-0.05, 0) is 36.2 Å². The summed E-state index contributed by atoms with van der Waals surface area (Å²) in [7, 11) is 0. The Labute approximate surface area is 205 Å². The summed E-state index contributed by atoms with van der Waals surface area (Å²) in [5.74, 6) is 0.301. The molecule has 172 valence electrons. The SMILES string of the molecule is Cc1c(-c2nnc3sc(C(C)c4ccc(-c5ccccc5)c(F)c4)nn23)cnn1-c1ccccc1. The van der Waals surface area contributed by atoms with Crippen molar-refractivity contribution in [2.45, 2.75) is 19.8 Å². The second-order valence-corrected chi connectivity index (χ2v) is 9.36. The summed E-state index contributed by atoms with van der Waals surface area (Å²) in [6.45, 7) is 4.03. The molecule has 1 atom stereocenters. The third kappa shape index (κ3) is 3.72. The van der Waals surface area contributed by atoms with Gasteiger partial charge in [0.2, 0.25) is 4.96 Å². The van der Waals surface area contributed by atoms with Crippen LogP contribution in [0.2, 0.25) is 0 Å². The largest absolute Gasteiger partial charge is 0.237 e. The minimum atomic E-state index is -0.242. The van der Waals surface area contributed by atoms with E-state index in [1.54, 1.807) is 16.8 Å². The molecule has 0 spiro atoms. The van der Waals surface area contributed by atoms with Crippen LogP contribution >= 0.6 is 11.3 Å². The molecule has 6 nitrogen and oxygen atoms in total. The number of halogens is 1. The molecule has 8 heteroatoms. The van der Waals surface area contributed by atoms with Gasteiger partial charge >= 0.3 is 0 Å². The average Bonchev–Trinajstić information content (AvgIpc) is 3.59. The van der Waals surface area contributed by atoms with Crippen molar-refractivity contribution in [3.05, 3.63) is 107 Å². The van der Waals surface area contributed by atoms with Gasteiger partial charge in [0, 0.05) is 11.5 Å². The van der Waals surface area contributed by atoms with Crippen LogP contribution in [0, 0.1) is 12.7 Å². The molecule has 35 heavy (non-hydrogen) atoms. The van der Waals surface area contributed by atoms with E-state index in [1.807, 2.05) is 91.3 Å². The molecular weight excluding hydrogens is 459 g/mol. The smallest absolute Gasteiger partial charge is 0.234 e. The fraction of sp³-hybridized carbons (Fsp3) is 0.111. The molecule has 1 unspecified atom stereocenters. The lowest BCUT2D eigenvalue weighted by molar-refractivity contribution is 0.627. The Morgan fingerprint density at radius 2 is 1.63 bits per heavy atom. The highest BCUT2D eigenvalue weighted by Crippen LogP contribution is 2.33. The summed E-state index contributed by atoms with van der Waals surface area (Å²) in [5.41, 5.74) is 5.11. The van der Waals surface area contributed by atoms with Crippen molar-refractivity contribution in [3.63, 3.8) is 0 Å². The number of aromatic nitrogens is 6. The molecule has 0 N–H and O–H groups in total. The van der Waals surface area contributed by atoms with Gasteiger partial charge in [-0.2, -0.15) is 14.7 Å². The van der Waals surface area contributed by atoms with E-state index in [1.165, 1.54) is 11.3 Å². The van der Waals surface area contributed by atoms with Gasteiger partial charge in [0.1, 0.15) is 10.8 Å². The lowest BCUT2D eigenvalue weighted by Crippen LogP contribution is -2.01. The third-order valence-corrected chi connectivity index (χ3v) is 7.29. The van der Waals surface area contributed by atoms with Gasteiger partial charge in [-0.15, -0.1) is 10.2 Å². The minimum Gasteiger partial charge on any atom is -0.237 e. The van der Waals surface area contributed by atoms with E-state index in [9.17, 15) is 4.39 Å². The van der Waals surface area contributed by atoms with Gasteiger partial charge in [0.15, 0.2) is 5.82 Å². The molecule has 3 aromatic carbocycles. The average molecular weight is 481 g/mol. The second kappa shape index (κ2) is 8.56. The molecule has 0 saturated heterocycles. The molecule has 0 fully saturated rings. The van der Waals surface area contributed by atoms with Crippen LogP contribution in [0.3, 0.4) is 0 Å². The zero-order valence-corrected chi connectivity index (χ0v) is 19.9. The van der Waals surface area contributed by atoms with E-state index < -0.39 is 0 Å². The lowest BCUT2D eigenvalue weighted by atomic mass is 9.97. The molecule has 0 radical (unpaired) electrons. The van der Waals surface area contributed by atoms with E-state index in [4.69, 9.17) is 5.10 Å². The first-order valence-electron chi connectivity index (χ1n) is 11.3. The van der Waals surface area contributed by atoms with Crippen LogP contribution in [0.4, 0.5) is 4.39 Å². The van der Waals surface area contributed by atoms with E-state index in [0.29, 0.717) is 16.3 Å². The summed E-state index contributed by atoms with van der Waals surface area (Å²) < 4.78 is 18.6. The van der Waals surface area contributed by atoms with Crippen LogP contribution in [0.25, 0.3) is 33.2 Å². The molecule has 0 bridgehead atoms. The van der Waals surface area contributed by atoms with Crippen molar-refractivity contribution in [2.75, 3.05) is 0 Å². The Kier molecular flexibility index (Phi) is 5.22. The number of rotatable bonds is 5. The Morgan fingerprint density at radius 3 is 2.37 bits per heavy atom. The van der Waals surface area contributed by atoms with Crippen LogP contribution in [0.5, 0.6) is 0 Å². The summed E-state index contributed by atoms with van der Waals surface area (Å²) in [6, 6.07) is 24.9. The van der Waals surface area contributed by atoms with Crippen LogP contribution in [0.1, 0.15) is 29.1 Å². The Balaban J connectivity index is 1.34. The maximum atomic E-state index is 15.0. The van der Waals surface area contributed by atoms with Crippen LogP contribution in [-0.4, -0.2) is 29.6 Å². The topological polar surface area (TPSA) is 60.9 Å². The Morgan fingerprint density at radius 1 is 0.886 bits per heavy atom. The monoisotopic (exact) mass is 480 g/mol. The first-order valence-corrected chi connectivity index (χ1v) is 12.1. The zero-order valence-electron chi connectivity index (χ0n) is 19.1. The maximum Gasteiger partial charge on any atom is 0.234 e. The highest BCUT2D eigenvalue weighted by Gasteiger charge is 2.22. The molecule has 6 aromatic rings. The van der Waals surface area contributed by atoms with Gasteiger partial charge in [-0.25, -0.2) is 9.07 Å². The van der Waals surface area contributed by atoms with Gasteiger partial charge in [0.25, 0.3) is 0 Å². The van der Waals surface area contributed by atoms with Crippen molar-refractivity contribution in [2.24, 2.45) is 0 Å². The fourth-order valence-electron chi connectivity index (χ4n) is 4.23. The molecule has 0 aliphatic rings. The number of hydrogen-bond donors (Lipinski definition) is 0. The Bertz CT molecular complexity index is 1630. The van der Waals surface area contributed by atoms with Crippen molar-refractivity contribution in [1.29, 1.82) is 0 Å². The lowest BCUT2D eigenvalue weighted by Gasteiger charge is -2.11. The van der Waals surface area contributed by atoms with E-state index in [-0.39, 0.29) is 11.7 Å². The quantitative estimate of drug-likeness (QED) is 0.290. The van der Waals surface area contributed by atoms with Gasteiger partial charge in [-0.3, -0.25) is 0 Å². The molecule has 3 aromatic heterocycles. The van der Waals surface area contributed by atoms with Crippen molar-refractivity contribution in [3.8, 4) is 28.2 Å². The van der Waals surface area contributed by atoms with E-state index in [2.05, 4.69) is 15.3 Å². The third-order valence-electron chi connectivity index (χ3n) is 6.21. The molecule has 0 amide bonds. The van der Waals surface area contributed by atoms with Gasteiger partial charge < -0.3 is 0 Å². The number of benzene rings is 3. The number of nitrogens with zero attached hydrogens (tertiary/aromatic N) is 6. The summed E-state index contributed by atoms with van der Waals surface area (Å²) in [6.07, 6.45) is 1.79. The molecule has 0 saturated carbocycles. The molecule has 6 rings (SSSR count). The normalized spacial score (nSPS) is 12.3. The highest BCUT2D eigenvalue weighted by atomic mass is 32.1. The highest BCUT2D eigenvalue weighted by molar-refractivity contribution is 7.16. The van der Waals surface area contributed by atoms with Crippen LogP contribution in [0.15, 0.2) is 85.1 Å². The van der Waals surface area contributed by atoms with E-state index in [0.717, 1.165) is 33.1 Å². The summed E-state index contributed by atoms with van der Waals surface area (Å²) >= 11 is 1.46. The summed E-state index contributed by atoms with van der Waals surface area (Å²) in [5, 5.41) is 18.9. The molecular formula is C27H21FN6S. The second-order valence-electron chi connectivity index (χ2n) is 8.38. The standard InChI is InChI=1S/C27H21FN6S/c1-17(20-13-14-22(24(28)15-20)19-9-5-3-6-10-19)26-32-34-25(30-31-27(34)35-26)23-16-29-33(18(23)2)21-11-7-4-8-12-21/h3-17H,1-2H3. The zero-order chi connectivity index (χ0) is 23.9. The predicted molar refractivity (Wildman–Crippen MR) is 135 cm³/mol. The first-order chi connectivity index (χ1) is 17.1. The number of fused-ring (bicyclic) bond motifs is 1. The molecule has 0 aliphatic carbocycles. The van der Waals surface area contributed by atoms with Gasteiger partial charge in [0.05, 0.1) is 23.1 Å². The van der Waals surface area contributed by atoms with Crippen LogP contribution < -0.4 is 0 Å². The van der Waals surface area contributed by atoms with E-state index >= 15 is 0 Å². The number of para-hydroxylation sites is 1.